The number of thiol groups is 1. The number of benzene rings is 3. The van der Waals surface area contributed by atoms with Crippen molar-refractivity contribution in [3.05, 3.63) is 89.5 Å². The van der Waals surface area contributed by atoms with Gasteiger partial charge in [-0.15, -0.1) is 5.10 Å². The summed E-state index contributed by atoms with van der Waals surface area (Å²) in [6.45, 7) is 3.49. The smallest absolute Gasteiger partial charge is 0.250 e. The minimum atomic E-state index is -0.670. The number of methoxy groups -OCH3 is 1. The average Bonchev–Trinajstić information content (AvgIpc) is 3.57. The Labute approximate surface area is 250 Å². The zero-order chi connectivity index (χ0) is 28.8. The number of carbonyl (C=O) groups is 1. The number of hydrogen-bond donors (Lipinski definition) is 1. The maximum atomic E-state index is 14.2. The highest BCUT2D eigenvalue weighted by atomic mass is 32.1. The van der Waals surface area contributed by atoms with Crippen LogP contribution in [-0.2, 0) is 29.1 Å². The Balaban J connectivity index is 1.11. The molecular formula is C32H35FN6O2S. The predicted octanol–water partition coefficient (Wildman–Crippen LogP) is 4.45. The molecule has 2 aliphatic heterocycles. The standard InChI is InChI=1S/C32H35FN6O2S/c1-41-20-25-19-38(35-34-25)17-16-37-21-39(26-10-8-24(33)9-11-26)32(31(37)40)12-14-36(15-13-32)28-18-23-6-2-4-22-5-3-7-27(29(22)23)30(28)42/h2-11,19,28,30,42H,12-18,20-21H2,1H3/t28-,30?/m0/s1. The number of likely N-dealkylation sites (tertiary alicyclic amines) is 1. The topological polar surface area (TPSA) is 66.7 Å². The van der Waals surface area contributed by atoms with E-state index in [1.165, 1.54) is 34.0 Å². The zero-order valence-electron chi connectivity index (χ0n) is 23.7. The predicted molar refractivity (Wildman–Crippen MR) is 163 cm³/mol. The number of carbonyl (C=O) groups excluding carboxylic acids is 1. The molecular weight excluding hydrogens is 551 g/mol. The van der Waals surface area contributed by atoms with Crippen LogP contribution in [-0.4, -0.2) is 75.7 Å². The van der Waals surface area contributed by atoms with Crippen LogP contribution < -0.4 is 4.90 Å². The molecule has 0 bridgehead atoms. The van der Waals surface area contributed by atoms with Crippen molar-refractivity contribution < 1.29 is 13.9 Å². The Bertz CT molecular complexity index is 1600. The molecule has 218 valence electrons. The van der Waals surface area contributed by atoms with Crippen LogP contribution in [0.15, 0.2) is 66.9 Å². The van der Waals surface area contributed by atoms with Crippen LogP contribution in [0.1, 0.15) is 34.9 Å². The summed E-state index contributed by atoms with van der Waals surface area (Å²) in [6.07, 6.45) is 4.20. The third-order valence-corrected chi connectivity index (χ3v) is 9.98. The first-order valence-corrected chi connectivity index (χ1v) is 15.1. The van der Waals surface area contributed by atoms with Crippen molar-refractivity contribution in [3.63, 3.8) is 0 Å². The molecule has 0 saturated carbocycles. The normalized spacial score (nSPS) is 22.0. The van der Waals surface area contributed by atoms with Crippen molar-refractivity contribution in [2.45, 2.75) is 49.2 Å². The third kappa shape index (κ3) is 4.66. The molecule has 8 nitrogen and oxygen atoms in total. The van der Waals surface area contributed by atoms with Crippen molar-refractivity contribution in [1.29, 1.82) is 0 Å². The summed E-state index contributed by atoms with van der Waals surface area (Å²) in [5, 5.41) is 11.0. The largest absolute Gasteiger partial charge is 0.378 e. The number of halogens is 1. The number of piperidine rings is 1. The van der Waals surface area contributed by atoms with Gasteiger partial charge in [0.05, 0.1) is 26.0 Å². The van der Waals surface area contributed by atoms with Crippen LogP contribution in [0.3, 0.4) is 0 Å². The molecule has 1 amide bonds. The summed E-state index contributed by atoms with van der Waals surface area (Å²) in [5.41, 5.74) is 3.62. The Morgan fingerprint density at radius 3 is 2.57 bits per heavy atom. The number of nitrogens with zero attached hydrogens (tertiary/aromatic N) is 6. The van der Waals surface area contributed by atoms with Crippen LogP contribution in [0.2, 0.25) is 0 Å². The second-order valence-corrected chi connectivity index (χ2v) is 12.2. The highest BCUT2D eigenvalue weighted by Crippen LogP contribution is 2.44. The third-order valence-electron chi connectivity index (χ3n) is 9.36. The summed E-state index contributed by atoms with van der Waals surface area (Å²) in [6, 6.07) is 19.9. The van der Waals surface area contributed by atoms with Crippen molar-refractivity contribution in [2.75, 3.05) is 38.3 Å². The lowest BCUT2D eigenvalue weighted by Crippen LogP contribution is -2.58. The zero-order valence-corrected chi connectivity index (χ0v) is 24.6. The lowest BCUT2D eigenvalue weighted by atomic mass is 9.81. The van der Waals surface area contributed by atoms with Gasteiger partial charge in [0.1, 0.15) is 17.1 Å². The molecule has 1 aliphatic carbocycles. The fourth-order valence-electron chi connectivity index (χ4n) is 7.24. The highest BCUT2D eigenvalue weighted by molar-refractivity contribution is 7.80. The molecule has 0 radical (unpaired) electrons. The van der Waals surface area contributed by atoms with E-state index in [-0.39, 0.29) is 23.0 Å². The van der Waals surface area contributed by atoms with Crippen molar-refractivity contribution in [2.24, 2.45) is 0 Å². The van der Waals surface area contributed by atoms with E-state index in [1.54, 1.807) is 23.9 Å². The molecule has 3 heterocycles. The van der Waals surface area contributed by atoms with Gasteiger partial charge in [0.25, 0.3) is 0 Å². The molecule has 0 N–H and O–H groups in total. The molecule has 2 saturated heterocycles. The molecule has 2 fully saturated rings. The van der Waals surface area contributed by atoms with Crippen LogP contribution >= 0.6 is 12.6 Å². The molecule has 4 aromatic rings. The Morgan fingerprint density at radius 1 is 1.05 bits per heavy atom. The SMILES string of the molecule is COCc1cn(CCN2CN(c3ccc(F)cc3)C3(CCN([C@H]4Cc5cccc6cccc(c56)C4S)CC3)C2=O)nn1. The first kappa shape index (κ1) is 27.4. The second kappa shape index (κ2) is 11.0. The minimum absolute atomic E-state index is 0.104. The maximum absolute atomic E-state index is 14.2. The van der Waals surface area contributed by atoms with Gasteiger partial charge in [-0.05, 0) is 65.4 Å². The van der Waals surface area contributed by atoms with E-state index >= 15 is 0 Å². The lowest BCUT2D eigenvalue weighted by Gasteiger charge is -2.47. The maximum Gasteiger partial charge on any atom is 0.250 e. The van der Waals surface area contributed by atoms with Gasteiger partial charge in [0, 0.05) is 43.7 Å². The van der Waals surface area contributed by atoms with Gasteiger partial charge in [-0.2, -0.15) is 12.6 Å². The van der Waals surface area contributed by atoms with Crippen LogP contribution in [0.5, 0.6) is 0 Å². The summed E-state index contributed by atoms with van der Waals surface area (Å²) in [5.74, 6) is -0.152. The minimum Gasteiger partial charge on any atom is -0.378 e. The number of hydrogen-bond acceptors (Lipinski definition) is 7. The first-order valence-electron chi connectivity index (χ1n) is 14.6. The van der Waals surface area contributed by atoms with E-state index in [9.17, 15) is 9.18 Å². The van der Waals surface area contributed by atoms with Gasteiger partial charge in [-0.1, -0.05) is 41.6 Å². The van der Waals surface area contributed by atoms with Gasteiger partial charge in [0.2, 0.25) is 5.91 Å². The Hall–Kier alpha value is -3.47. The molecule has 1 unspecified atom stereocenters. The molecule has 10 heteroatoms. The fourth-order valence-corrected chi connectivity index (χ4v) is 7.74. The molecule has 1 spiro atoms. The van der Waals surface area contributed by atoms with Gasteiger partial charge in [-0.25, -0.2) is 4.39 Å². The van der Waals surface area contributed by atoms with Crippen LogP contribution in [0.4, 0.5) is 10.1 Å². The van der Waals surface area contributed by atoms with Crippen molar-refractivity contribution in [3.8, 4) is 0 Å². The van der Waals surface area contributed by atoms with E-state index in [0.717, 1.165) is 30.9 Å². The van der Waals surface area contributed by atoms with Crippen LogP contribution in [0, 0.1) is 5.82 Å². The van der Waals surface area contributed by atoms with E-state index in [4.69, 9.17) is 17.4 Å². The van der Waals surface area contributed by atoms with Crippen molar-refractivity contribution in [1.82, 2.24) is 24.8 Å². The second-order valence-electron chi connectivity index (χ2n) is 11.7. The Kier molecular flexibility index (Phi) is 7.16. The van der Waals surface area contributed by atoms with Gasteiger partial charge in [0.15, 0.2) is 0 Å². The lowest BCUT2D eigenvalue weighted by molar-refractivity contribution is -0.134. The summed E-state index contributed by atoms with van der Waals surface area (Å²) < 4.78 is 20.8. The fraction of sp³-hybridized carbons (Fsp3) is 0.406. The van der Waals surface area contributed by atoms with E-state index in [0.29, 0.717) is 39.2 Å². The summed E-state index contributed by atoms with van der Waals surface area (Å²) >= 11 is 5.16. The molecule has 1 aromatic heterocycles. The number of ether oxygens (including phenoxy) is 1. The molecule has 2 atom stereocenters. The molecule has 7 rings (SSSR count). The van der Waals surface area contributed by atoms with Gasteiger partial charge >= 0.3 is 0 Å². The molecule has 42 heavy (non-hydrogen) atoms. The number of anilines is 1. The van der Waals surface area contributed by atoms with E-state index in [1.807, 2.05) is 11.1 Å². The van der Waals surface area contributed by atoms with Crippen LogP contribution in [0.25, 0.3) is 10.8 Å². The molecule has 3 aromatic carbocycles. The first-order chi connectivity index (χ1) is 20.5. The monoisotopic (exact) mass is 586 g/mol. The highest BCUT2D eigenvalue weighted by Gasteiger charge is 2.54. The van der Waals surface area contributed by atoms with E-state index < -0.39 is 5.54 Å². The number of rotatable bonds is 7. The Morgan fingerprint density at radius 2 is 1.81 bits per heavy atom. The molecule has 3 aliphatic rings. The average molecular weight is 587 g/mol. The summed E-state index contributed by atoms with van der Waals surface area (Å²) in [7, 11) is 1.63. The van der Waals surface area contributed by atoms with E-state index in [2.05, 4.69) is 56.5 Å². The quantitative estimate of drug-likeness (QED) is 0.323. The van der Waals surface area contributed by atoms with Crippen molar-refractivity contribution >= 4 is 35.0 Å². The van der Waals surface area contributed by atoms with Gasteiger partial charge in [-0.3, -0.25) is 14.4 Å². The number of amides is 1. The van der Waals surface area contributed by atoms with Gasteiger partial charge < -0.3 is 14.5 Å². The summed E-state index contributed by atoms with van der Waals surface area (Å²) in [4.78, 5) is 20.8. The number of aromatic nitrogens is 3.